The summed E-state index contributed by atoms with van der Waals surface area (Å²) in [6.07, 6.45) is 2.08. The van der Waals surface area contributed by atoms with Gasteiger partial charge in [0.1, 0.15) is 0 Å². The average molecular weight is 264 g/mol. The lowest BCUT2D eigenvalue weighted by molar-refractivity contribution is 0.0654. The molecule has 0 aliphatic carbocycles. The molecule has 5 heteroatoms. The molecular weight excluding hydrogens is 240 g/mol. The topological polar surface area (TPSA) is 50.2 Å². The van der Waals surface area contributed by atoms with E-state index in [1.54, 1.807) is 4.68 Å². The van der Waals surface area contributed by atoms with Crippen molar-refractivity contribution >= 4 is 5.91 Å². The maximum atomic E-state index is 12.8. The molecule has 0 radical (unpaired) electrons. The van der Waals surface area contributed by atoms with Gasteiger partial charge in [0, 0.05) is 25.3 Å². The van der Waals surface area contributed by atoms with Crippen molar-refractivity contribution in [3.8, 4) is 0 Å². The predicted octanol–water partition coefficient (Wildman–Crippen LogP) is 1.25. The smallest absolute Gasteiger partial charge is 0.257 e. The standard InChI is InChI=1S/C14H24N4O/c1-5-18(12-6-8-15-9-7-12)14(19)13-10(2)16-17(4)11(13)3/h12,15H,5-9H2,1-4H3. The SMILES string of the molecule is CCN(C(=O)c1c(C)nn(C)c1C)C1CCNCC1. The minimum atomic E-state index is 0.137. The van der Waals surface area contributed by atoms with E-state index in [4.69, 9.17) is 0 Å². The summed E-state index contributed by atoms with van der Waals surface area (Å²) in [5.74, 6) is 0.137. The molecule has 0 spiro atoms. The summed E-state index contributed by atoms with van der Waals surface area (Å²) in [4.78, 5) is 14.8. The van der Waals surface area contributed by atoms with Gasteiger partial charge in [-0.3, -0.25) is 9.48 Å². The second-order valence-corrected chi connectivity index (χ2v) is 5.24. The van der Waals surface area contributed by atoms with Gasteiger partial charge >= 0.3 is 0 Å². The van der Waals surface area contributed by atoms with Crippen LogP contribution < -0.4 is 5.32 Å². The maximum absolute atomic E-state index is 12.8. The molecule has 1 amide bonds. The Hall–Kier alpha value is -1.36. The van der Waals surface area contributed by atoms with E-state index in [9.17, 15) is 4.79 Å². The minimum Gasteiger partial charge on any atom is -0.336 e. The number of hydrogen-bond donors (Lipinski definition) is 1. The summed E-state index contributed by atoms with van der Waals surface area (Å²) in [6, 6.07) is 0.359. The molecule has 1 aliphatic rings. The summed E-state index contributed by atoms with van der Waals surface area (Å²) < 4.78 is 1.79. The zero-order valence-electron chi connectivity index (χ0n) is 12.4. The molecular formula is C14H24N4O. The number of hydrogen-bond acceptors (Lipinski definition) is 3. The Balaban J connectivity index is 2.24. The predicted molar refractivity (Wildman–Crippen MR) is 75.3 cm³/mol. The molecule has 19 heavy (non-hydrogen) atoms. The molecule has 0 bridgehead atoms. The third-order valence-corrected chi connectivity index (χ3v) is 4.07. The Kier molecular flexibility index (Phi) is 4.24. The van der Waals surface area contributed by atoms with Crippen LogP contribution in [0.3, 0.4) is 0 Å². The molecule has 2 heterocycles. The van der Waals surface area contributed by atoms with Gasteiger partial charge in [-0.15, -0.1) is 0 Å². The largest absolute Gasteiger partial charge is 0.336 e. The van der Waals surface area contributed by atoms with Crippen LogP contribution >= 0.6 is 0 Å². The molecule has 1 aromatic heterocycles. The summed E-state index contributed by atoms with van der Waals surface area (Å²) in [6.45, 7) is 8.69. The van der Waals surface area contributed by atoms with Gasteiger partial charge < -0.3 is 10.2 Å². The summed E-state index contributed by atoms with van der Waals surface area (Å²) >= 11 is 0. The van der Waals surface area contributed by atoms with Gasteiger partial charge in [0.05, 0.1) is 11.3 Å². The van der Waals surface area contributed by atoms with Crippen LogP contribution in [0.5, 0.6) is 0 Å². The zero-order chi connectivity index (χ0) is 14.0. The summed E-state index contributed by atoms with van der Waals surface area (Å²) in [5, 5.41) is 7.70. The summed E-state index contributed by atoms with van der Waals surface area (Å²) in [7, 11) is 1.89. The van der Waals surface area contributed by atoms with Gasteiger partial charge in [-0.05, 0) is 46.7 Å². The van der Waals surface area contributed by atoms with Crippen LogP contribution in [-0.4, -0.2) is 46.3 Å². The fourth-order valence-electron chi connectivity index (χ4n) is 2.91. The van der Waals surface area contributed by atoms with E-state index >= 15 is 0 Å². The highest BCUT2D eigenvalue weighted by atomic mass is 16.2. The molecule has 1 aromatic rings. The first-order valence-corrected chi connectivity index (χ1v) is 7.08. The molecule has 106 valence electrons. The fraction of sp³-hybridized carbons (Fsp3) is 0.714. The number of aryl methyl sites for hydroxylation is 2. The monoisotopic (exact) mass is 264 g/mol. The number of nitrogens with zero attached hydrogens (tertiary/aromatic N) is 3. The van der Waals surface area contributed by atoms with Crippen molar-refractivity contribution < 1.29 is 4.79 Å². The van der Waals surface area contributed by atoms with E-state index in [1.165, 1.54) is 0 Å². The van der Waals surface area contributed by atoms with Crippen molar-refractivity contribution in [2.75, 3.05) is 19.6 Å². The van der Waals surface area contributed by atoms with Gasteiger partial charge in [0.2, 0.25) is 0 Å². The molecule has 0 saturated carbocycles. The van der Waals surface area contributed by atoms with E-state index in [0.29, 0.717) is 6.04 Å². The Morgan fingerprint density at radius 3 is 2.53 bits per heavy atom. The first-order valence-electron chi connectivity index (χ1n) is 7.08. The lowest BCUT2D eigenvalue weighted by Gasteiger charge is -2.34. The molecule has 1 fully saturated rings. The number of piperidine rings is 1. The van der Waals surface area contributed by atoms with E-state index in [0.717, 1.165) is 49.4 Å². The quantitative estimate of drug-likeness (QED) is 0.894. The van der Waals surface area contributed by atoms with Crippen molar-refractivity contribution in [1.82, 2.24) is 20.0 Å². The third-order valence-electron chi connectivity index (χ3n) is 4.07. The lowest BCUT2D eigenvalue weighted by atomic mass is 10.0. The van der Waals surface area contributed by atoms with Crippen LogP contribution in [0.15, 0.2) is 0 Å². The Morgan fingerprint density at radius 1 is 1.42 bits per heavy atom. The Labute approximate surface area is 115 Å². The highest BCUT2D eigenvalue weighted by Gasteiger charge is 2.28. The minimum absolute atomic E-state index is 0.137. The highest BCUT2D eigenvalue weighted by molar-refractivity contribution is 5.96. The summed E-state index contributed by atoms with van der Waals surface area (Å²) in [5.41, 5.74) is 2.56. The van der Waals surface area contributed by atoms with Gasteiger partial charge in [-0.2, -0.15) is 5.10 Å². The normalized spacial score (nSPS) is 16.6. The van der Waals surface area contributed by atoms with Crippen LogP contribution in [0.2, 0.25) is 0 Å². The van der Waals surface area contributed by atoms with Gasteiger partial charge in [0.15, 0.2) is 0 Å². The van der Waals surface area contributed by atoms with Crippen molar-refractivity contribution in [1.29, 1.82) is 0 Å². The lowest BCUT2D eigenvalue weighted by Crippen LogP contribution is -2.46. The molecule has 0 unspecified atom stereocenters. The van der Waals surface area contributed by atoms with Gasteiger partial charge in [-0.1, -0.05) is 0 Å². The Morgan fingerprint density at radius 2 is 2.05 bits per heavy atom. The molecule has 2 rings (SSSR count). The molecule has 1 aliphatic heterocycles. The number of rotatable bonds is 3. The van der Waals surface area contributed by atoms with Crippen molar-refractivity contribution in [2.24, 2.45) is 7.05 Å². The highest BCUT2D eigenvalue weighted by Crippen LogP contribution is 2.19. The van der Waals surface area contributed by atoms with Gasteiger partial charge in [0.25, 0.3) is 5.91 Å². The molecule has 1 saturated heterocycles. The van der Waals surface area contributed by atoms with Crippen LogP contribution in [0, 0.1) is 13.8 Å². The zero-order valence-corrected chi connectivity index (χ0v) is 12.4. The first kappa shape index (κ1) is 14.1. The number of amides is 1. The number of nitrogens with one attached hydrogen (secondary N) is 1. The Bertz CT molecular complexity index is 460. The average Bonchev–Trinajstić information content (AvgIpc) is 2.65. The van der Waals surface area contributed by atoms with Crippen molar-refractivity contribution in [3.05, 3.63) is 17.0 Å². The van der Waals surface area contributed by atoms with Crippen molar-refractivity contribution in [2.45, 2.75) is 39.7 Å². The van der Waals surface area contributed by atoms with Crippen LogP contribution in [0.1, 0.15) is 41.5 Å². The van der Waals surface area contributed by atoms with E-state index in [1.807, 2.05) is 25.8 Å². The van der Waals surface area contributed by atoms with Gasteiger partial charge in [-0.25, -0.2) is 0 Å². The second kappa shape index (κ2) is 5.74. The molecule has 0 aromatic carbocycles. The first-order chi connectivity index (χ1) is 9.06. The van der Waals surface area contributed by atoms with Crippen LogP contribution in [0.25, 0.3) is 0 Å². The molecule has 5 nitrogen and oxygen atoms in total. The maximum Gasteiger partial charge on any atom is 0.257 e. The molecule has 1 N–H and O–H groups in total. The van der Waals surface area contributed by atoms with E-state index < -0.39 is 0 Å². The second-order valence-electron chi connectivity index (χ2n) is 5.24. The van der Waals surface area contributed by atoms with E-state index in [2.05, 4.69) is 17.3 Å². The number of aromatic nitrogens is 2. The number of carbonyl (C=O) groups is 1. The molecule has 0 atom stereocenters. The van der Waals surface area contributed by atoms with E-state index in [-0.39, 0.29) is 5.91 Å². The van der Waals surface area contributed by atoms with Crippen LogP contribution in [-0.2, 0) is 7.05 Å². The fourth-order valence-corrected chi connectivity index (χ4v) is 2.91. The third kappa shape index (κ3) is 2.66. The van der Waals surface area contributed by atoms with Crippen molar-refractivity contribution in [3.63, 3.8) is 0 Å². The number of carbonyl (C=O) groups excluding carboxylic acids is 1. The van der Waals surface area contributed by atoms with Crippen LogP contribution in [0.4, 0.5) is 0 Å².